The first-order chi connectivity index (χ1) is 13.3. The number of halogens is 1. The van der Waals surface area contributed by atoms with Crippen molar-refractivity contribution in [3.8, 4) is 11.5 Å². The molecule has 1 aliphatic heterocycles. The Balaban J connectivity index is 1.51. The van der Waals surface area contributed by atoms with Crippen LogP contribution in [0.3, 0.4) is 0 Å². The quantitative estimate of drug-likeness (QED) is 0.501. The average Bonchev–Trinajstić information content (AvgIpc) is 3.11. The van der Waals surface area contributed by atoms with Crippen LogP contribution in [0, 0.1) is 13.8 Å². The molecule has 0 spiro atoms. The highest BCUT2D eigenvalue weighted by Gasteiger charge is 2.20. The molecule has 8 heteroatoms. The first-order valence-electron chi connectivity index (χ1n) is 8.63. The number of benzene rings is 2. The summed E-state index contributed by atoms with van der Waals surface area (Å²) in [5.74, 6) is 0.474. The van der Waals surface area contributed by atoms with Gasteiger partial charge in [-0.25, -0.2) is 0 Å². The van der Waals surface area contributed by atoms with Gasteiger partial charge in [0.25, 0.3) is 5.91 Å². The maximum Gasteiger partial charge on any atom is 0.317 e. The molecule has 0 bridgehead atoms. The zero-order valence-electron chi connectivity index (χ0n) is 15.7. The van der Waals surface area contributed by atoms with Crippen molar-refractivity contribution in [2.45, 2.75) is 31.8 Å². The number of carbonyl (C=O) groups excluding carboxylic acids is 2. The molecule has 0 fully saturated rings. The number of carbonyl (C=O) groups is 2. The Hall–Kier alpha value is -2.19. The van der Waals surface area contributed by atoms with Crippen LogP contribution in [-0.2, 0) is 14.3 Å². The molecule has 0 aliphatic carbocycles. The molecule has 1 N–H and O–H groups in total. The second kappa shape index (κ2) is 8.87. The van der Waals surface area contributed by atoms with Crippen molar-refractivity contribution in [2.24, 2.45) is 0 Å². The molecule has 1 aliphatic rings. The monoisotopic (exact) mass is 465 g/mol. The summed E-state index contributed by atoms with van der Waals surface area (Å²) in [6, 6.07) is 9.13. The highest BCUT2D eigenvalue weighted by molar-refractivity contribution is 9.10. The molecule has 1 amide bonds. The number of rotatable bonds is 6. The highest BCUT2D eigenvalue weighted by Crippen LogP contribution is 2.34. The van der Waals surface area contributed by atoms with E-state index in [0.717, 1.165) is 20.5 Å². The maximum absolute atomic E-state index is 12.3. The zero-order chi connectivity index (χ0) is 20.3. The summed E-state index contributed by atoms with van der Waals surface area (Å²) in [6.45, 7) is 5.68. The van der Waals surface area contributed by atoms with Crippen LogP contribution in [0.5, 0.6) is 11.5 Å². The second-order valence-corrected chi connectivity index (χ2v) is 8.22. The molecule has 0 radical (unpaired) electrons. The van der Waals surface area contributed by atoms with Gasteiger partial charge >= 0.3 is 5.97 Å². The van der Waals surface area contributed by atoms with Gasteiger partial charge in [0.15, 0.2) is 17.6 Å². The Bertz CT molecular complexity index is 918. The van der Waals surface area contributed by atoms with Crippen molar-refractivity contribution < 1.29 is 23.8 Å². The number of hydrogen-bond acceptors (Lipinski definition) is 6. The molecule has 6 nitrogen and oxygen atoms in total. The number of fused-ring (bicyclic) bond motifs is 1. The van der Waals surface area contributed by atoms with Crippen molar-refractivity contribution >= 4 is 45.3 Å². The van der Waals surface area contributed by atoms with Crippen molar-refractivity contribution in [3.63, 3.8) is 0 Å². The summed E-state index contributed by atoms with van der Waals surface area (Å²) in [5, 5.41) is 2.71. The zero-order valence-corrected chi connectivity index (χ0v) is 18.1. The lowest BCUT2D eigenvalue weighted by Crippen LogP contribution is -2.30. The summed E-state index contributed by atoms with van der Waals surface area (Å²) >= 11 is 4.88. The van der Waals surface area contributed by atoms with Crippen molar-refractivity contribution in [2.75, 3.05) is 17.9 Å². The second-order valence-electron chi connectivity index (χ2n) is 6.34. The van der Waals surface area contributed by atoms with Gasteiger partial charge in [-0.3, -0.25) is 9.59 Å². The van der Waals surface area contributed by atoms with Gasteiger partial charge in [0, 0.05) is 21.1 Å². The SMILES string of the molecule is Cc1cc(SCC(=O)OC(C)C(=O)Nc2ccc3c(c2)OCO3)c(C)cc1Br. The molecule has 148 valence electrons. The van der Waals surface area contributed by atoms with E-state index in [2.05, 4.69) is 21.2 Å². The van der Waals surface area contributed by atoms with Gasteiger partial charge in [0.1, 0.15) is 0 Å². The van der Waals surface area contributed by atoms with Crippen LogP contribution in [0.1, 0.15) is 18.1 Å². The smallest absolute Gasteiger partial charge is 0.317 e. The first-order valence-corrected chi connectivity index (χ1v) is 10.4. The van der Waals surface area contributed by atoms with Gasteiger partial charge in [0.2, 0.25) is 6.79 Å². The van der Waals surface area contributed by atoms with Crippen LogP contribution < -0.4 is 14.8 Å². The lowest BCUT2D eigenvalue weighted by Gasteiger charge is -2.14. The third-order valence-corrected chi connectivity index (χ3v) is 6.10. The third kappa shape index (κ3) is 4.99. The molecule has 1 atom stereocenters. The molecule has 0 saturated heterocycles. The highest BCUT2D eigenvalue weighted by atomic mass is 79.9. The molecule has 28 heavy (non-hydrogen) atoms. The van der Waals surface area contributed by atoms with E-state index in [-0.39, 0.29) is 12.5 Å². The van der Waals surface area contributed by atoms with Crippen molar-refractivity contribution in [1.82, 2.24) is 0 Å². The Labute approximate surface area is 176 Å². The lowest BCUT2D eigenvalue weighted by molar-refractivity contribution is -0.150. The Morgan fingerprint density at radius 2 is 1.93 bits per heavy atom. The van der Waals surface area contributed by atoms with E-state index >= 15 is 0 Å². The fourth-order valence-electron chi connectivity index (χ4n) is 2.55. The summed E-state index contributed by atoms with van der Waals surface area (Å²) in [6.07, 6.45) is -0.911. The standard InChI is InChI=1S/C20H20BrNO5S/c1-11-7-18(12(2)6-15(11)21)28-9-19(23)27-13(3)20(24)22-14-4-5-16-17(8-14)26-10-25-16/h4-8,13H,9-10H2,1-3H3,(H,22,24). The fraction of sp³-hybridized carbons (Fsp3) is 0.300. The van der Waals surface area contributed by atoms with Gasteiger partial charge < -0.3 is 19.5 Å². The summed E-state index contributed by atoms with van der Waals surface area (Å²) in [4.78, 5) is 25.4. The van der Waals surface area contributed by atoms with Crippen LogP contribution in [0.2, 0.25) is 0 Å². The lowest BCUT2D eigenvalue weighted by atomic mass is 10.2. The molecule has 1 unspecified atom stereocenters. The Kier molecular flexibility index (Phi) is 6.51. The number of thioether (sulfide) groups is 1. The van der Waals surface area contributed by atoms with Crippen molar-refractivity contribution in [3.05, 3.63) is 45.9 Å². The van der Waals surface area contributed by atoms with Gasteiger partial charge in [0.05, 0.1) is 5.75 Å². The molecule has 0 aromatic heterocycles. The van der Waals surface area contributed by atoms with Gasteiger partial charge in [-0.05, 0) is 56.2 Å². The molecular weight excluding hydrogens is 446 g/mol. The minimum absolute atomic E-state index is 0.129. The number of ether oxygens (including phenoxy) is 3. The van der Waals surface area contributed by atoms with Crippen LogP contribution >= 0.6 is 27.7 Å². The predicted octanol–water partition coefficient (Wildman–Crippen LogP) is 4.46. The largest absolute Gasteiger partial charge is 0.454 e. The van der Waals surface area contributed by atoms with E-state index in [9.17, 15) is 9.59 Å². The maximum atomic E-state index is 12.3. The van der Waals surface area contributed by atoms with E-state index in [1.807, 2.05) is 26.0 Å². The molecule has 2 aromatic carbocycles. The van der Waals surface area contributed by atoms with E-state index < -0.39 is 18.0 Å². The minimum atomic E-state index is -0.911. The number of aryl methyl sites for hydroxylation is 2. The third-order valence-electron chi connectivity index (χ3n) is 4.12. The normalized spacial score (nSPS) is 13.1. The molecule has 1 heterocycles. The van der Waals surface area contributed by atoms with E-state index in [1.165, 1.54) is 11.8 Å². The number of amides is 1. The summed E-state index contributed by atoms with van der Waals surface area (Å²) in [7, 11) is 0. The van der Waals surface area contributed by atoms with Gasteiger partial charge in [-0.15, -0.1) is 11.8 Å². The Morgan fingerprint density at radius 3 is 2.71 bits per heavy atom. The molecule has 3 rings (SSSR count). The molecule has 2 aromatic rings. The average molecular weight is 466 g/mol. The van der Waals surface area contributed by atoms with Gasteiger partial charge in [-0.1, -0.05) is 15.9 Å². The van der Waals surface area contributed by atoms with Crippen LogP contribution in [-0.4, -0.2) is 30.5 Å². The molecule has 0 saturated carbocycles. The topological polar surface area (TPSA) is 73.9 Å². The van der Waals surface area contributed by atoms with E-state index in [1.54, 1.807) is 25.1 Å². The number of hydrogen-bond donors (Lipinski definition) is 1. The van der Waals surface area contributed by atoms with Crippen LogP contribution in [0.4, 0.5) is 5.69 Å². The van der Waals surface area contributed by atoms with Crippen LogP contribution in [0.25, 0.3) is 0 Å². The number of anilines is 1. The fourth-order valence-corrected chi connectivity index (χ4v) is 3.90. The summed E-state index contributed by atoms with van der Waals surface area (Å²) < 4.78 is 16.8. The predicted molar refractivity (Wildman–Crippen MR) is 111 cm³/mol. The van der Waals surface area contributed by atoms with E-state index in [4.69, 9.17) is 14.2 Å². The first kappa shape index (κ1) is 20.5. The minimum Gasteiger partial charge on any atom is -0.454 e. The summed E-state index contributed by atoms with van der Waals surface area (Å²) in [5.41, 5.74) is 2.72. The van der Waals surface area contributed by atoms with Gasteiger partial charge in [-0.2, -0.15) is 0 Å². The van der Waals surface area contributed by atoms with E-state index in [0.29, 0.717) is 17.2 Å². The number of nitrogens with one attached hydrogen (secondary N) is 1. The number of esters is 1. The molecular formula is C20H20BrNO5S. The van der Waals surface area contributed by atoms with Crippen molar-refractivity contribution in [1.29, 1.82) is 0 Å². The van der Waals surface area contributed by atoms with Crippen LogP contribution in [0.15, 0.2) is 39.7 Å². The Morgan fingerprint density at radius 1 is 1.18 bits per heavy atom.